The van der Waals surface area contributed by atoms with Crippen LogP contribution in [0.25, 0.3) is 11.4 Å². The van der Waals surface area contributed by atoms with Crippen molar-refractivity contribution in [2.75, 3.05) is 13.7 Å². The van der Waals surface area contributed by atoms with E-state index < -0.39 is 11.7 Å². The Kier molecular flexibility index (Phi) is 10.5. The molecular formula is C24H36F3N3O2. The maximum atomic E-state index is 13.7. The molecule has 0 bridgehead atoms. The number of alkyl halides is 3. The zero-order chi connectivity index (χ0) is 23.6. The molecule has 1 N–H and O–H groups in total. The Labute approximate surface area is 189 Å². The quantitative estimate of drug-likeness (QED) is 0.433. The highest BCUT2D eigenvalue weighted by atomic mass is 19.4. The van der Waals surface area contributed by atoms with Gasteiger partial charge in [0.05, 0.1) is 18.2 Å². The van der Waals surface area contributed by atoms with Crippen LogP contribution in [-0.2, 0) is 6.18 Å². The summed E-state index contributed by atoms with van der Waals surface area (Å²) in [5.74, 6) is 0.912. The van der Waals surface area contributed by atoms with E-state index in [9.17, 15) is 13.2 Å². The van der Waals surface area contributed by atoms with Crippen molar-refractivity contribution in [1.29, 1.82) is 0 Å². The second-order valence-corrected chi connectivity index (χ2v) is 7.94. The standard InChI is InChI=1S/C22H30F3N3O2.C2H6/c1-3-7-18(26-2)21-27-20(28-30-21)16-10-11-19(17(14-16)22(23,24)25)29-13-12-15-8-5-4-6-9-15;1-2/h10-11,14-15,18,26H,3-9,12-13H2,1-2H3;1-2H3. The SMILES string of the molecule is CC.CCCC(NC)c1nc(-c2ccc(OCCC3CCCCC3)c(C(F)(F)F)c2)no1. The van der Waals surface area contributed by atoms with Gasteiger partial charge >= 0.3 is 6.18 Å². The summed E-state index contributed by atoms with van der Waals surface area (Å²) in [5, 5.41) is 6.96. The lowest BCUT2D eigenvalue weighted by atomic mass is 9.87. The maximum Gasteiger partial charge on any atom is 0.419 e. The number of aromatic nitrogens is 2. The molecule has 1 saturated carbocycles. The van der Waals surface area contributed by atoms with Gasteiger partial charge in [0, 0.05) is 5.56 Å². The van der Waals surface area contributed by atoms with Crippen LogP contribution in [0, 0.1) is 5.92 Å². The molecule has 1 aromatic carbocycles. The van der Waals surface area contributed by atoms with Gasteiger partial charge in [0.15, 0.2) is 0 Å². The summed E-state index contributed by atoms with van der Waals surface area (Å²) in [7, 11) is 1.78. The molecule has 3 rings (SSSR count). The van der Waals surface area contributed by atoms with Gasteiger partial charge in [-0.2, -0.15) is 18.2 Å². The minimum absolute atomic E-state index is 0.124. The molecule has 0 aliphatic heterocycles. The Hall–Kier alpha value is -2.09. The molecule has 8 heteroatoms. The van der Waals surface area contributed by atoms with Crippen LogP contribution in [-0.4, -0.2) is 23.8 Å². The number of nitrogens with zero attached hydrogens (tertiary/aromatic N) is 2. The Morgan fingerprint density at radius 2 is 1.91 bits per heavy atom. The van der Waals surface area contributed by atoms with Crippen LogP contribution in [0.1, 0.15) is 89.6 Å². The molecule has 1 aliphatic rings. The highest BCUT2D eigenvalue weighted by Crippen LogP contribution is 2.39. The predicted molar refractivity (Wildman–Crippen MR) is 119 cm³/mol. The molecular weight excluding hydrogens is 419 g/mol. The van der Waals surface area contributed by atoms with Crippen molar-refractivity contribution in [3.05, 3.63) is 29.7 Å². The maximum absolute atomic E-state index is 13.7. The number of hydrogen-bond acceptors (Lipinski definition) is 5. The fourth-order valence-electron chi connectivity index (χ4n) is 4.00. The first-order valence-corrected chi connectivity index (χ1v) is 11.8. The Balaban J connectivity index is 0.00000176. The third-order valence-corrected chi connectivity index (χ3v) is 5.72. The van der Waals surface area contributed by atoms with Gasteiger partial charge in [-0.1, -0.05) is 64.5 Å². The normalized spacial score (nSPS) is 15.7. The number of hydrogen-bond donors (Lipinski definition) is 1. The van der Waals surface area contributed by atoms with Crippen LogP contribution in [0.3, 0.4) is 0 Å². The van der Waals surface area contributed by atoms with Crippen molar-refractivity contribution in [2.45, 2.75) is 84.4 Å². The predicted octanol–water partition coefficient (Wildman–Crippen LogP) is 7.19. The van der Waals surface area contributed by atoms with Crippen molar-refractivity contribution >= 4 is 0 Å². The van der Waals surface area contributed by atoms with Gasteiger partial charge in [0.1, 0.15) is 5.75 Å². The number of rotatable bonds is 9. The van der Waals surface area contributed by atoms with E-state index >= 15 is 0 Å². The van der Waals surface area contributed by atoms with Crippen molar-refractivity contribution in [1.82, 2.24) is 15.5 Å². The van der Waals surface area contributed by atoms with Crippen molar-refractivity contribution in [3.8, 4) is 17.1 Å². The average Bonchev–Trinajstić information content (AvgIpc) is 3.29. The van der Waals surface area contributed by atoms with Crippen molar-refractivity contribution in [2.24, 2.45) is 5.92 Å². The monoisotopic (exact) mass is 455 g/mol. The summed E-state index contributed by atoms with van der Waals surface area (Å²) < 4.78 is 51.8. The fourth-order valence-corrected chi connectivity index (χ4v) is 4.00. The molecule has 180 valence electrons. The fraction of sp³-hybridized carbons (Fsp3) is 0.667. The van der Waals surface area contributed by atoms with E-state index in [2.05, 4.69) is 15.5 Å². The Morgan fingerprint density at radius 1 is 1.19 bits per heavy atom. The second kappa shape index (κ2) is 12.8. The zero-order valence-electron chi connectivity index (χ0n) is 19.6. The molecule has 0 spiro atoms. The smallest absolute Gasteiger partial charge is 0.419 e. The van der Waals surface area contributed by atoms with Gasteiger partial charge in [-0.05, 0) is 44.0 Å². The molecule has 5 nitrogen and oxygen atoms in total. The first-order chi connectivity index (χ1) is 15.4. The van der Waals surface area contributed by atoms with Gasteiger partial charge in [-0.25, -0.2) is 0 Å². The number of ether oxygens (including phenoxy) is 1. The Bertz CT molecular complexity index is 802. The average molecular weight is 456 g/mol. The molecule has 1 fully saturated rings. The Morgan fingerprint density at radius 3 is 2.53 bits per heavy atom. The van der Waals surface area contributed by atoms with Gasteiger partial charge in [-0.15, -0.1) is 0 Å². The summed E-state index contributed by atoms with van der Waals surface area (Å²) in [6.07, 6.45) is 3.89. The molecule has 1 aromatic heterocycles. The lowest BCUT2D eigenvalue weighted by Gasteiger charge is -2.22. The van der Waals surface area contributed by atoms with E-state index in [1.54, 1.807) is 13.1 Å². The summed E-state index contributed by atoms with van der Waals surface area (Å²) in [4.78, 5) is 4.30. The van der Waals surface area contributed by atoms with E-state index in [-0.39, 0.29) is 23.2 Å². The first-order valence-electron chi connectivity index (χ1n) is 11.8. The number of halogens is 3. The van der Waals surface area contributed by atoms with Crippen LogP contribution < -0.4 is 10.1 Å². The molecule has 1 heterocycles. The zero-order valence-corrected chi connectivity index (χ0v) is 19.6. The second-order valence-electron chi connectivity index (χ2n) is 7.94. The van der Waals surface area contributed by atoms with Gasteiger partial charge < -0.3 is 14.6 Å². The van der Waals surface area contributed by atoms with Gasteiger partial charge in [0.2, 0.25) is 11.7 Å². The largest absolute Gasteiger partial charge is 0.493 e. The number of nitrogens with one attached hydrogen (secondary N) is 1. The van der Waals surface area contributed by atoms with E-state index in [1.165, 1.54) is 25.3 Å². The summed E-state index contributed by atoms with van der Waals surface area (Å²) in [5.41, 5.74) is -0.558. The molecule has 32 heavy (non-hydrogen) atoms. The molecule has 2 aromatic rings. The van der Waals surface area contributed by atoms with Gasteiger partial charge in [0.25, 0.3) is 0 Å². The van der Waals surface area contributed by atoms with Gasteiger partial charge in [-0.3, -0.25) is 0 Å². The molecule has 0 saturated heterocycles. The van der Waals surface area contributed by atoms with Crippen LogP contribution in [0.15, 0.2) is 22.7 Å². The minimum Gasteiger partial charge on any atom is -0.493 e. The molecule has 1 aliphatic carbocycles. The van der Waals surface area contributed by atoms with E-state index in [0.717, 1.165) is 38.2 Å². The molecule has 1 atom stereocenters. The van der Waals surface area contributed by atoms with Crippen LogP contribution in [0.5, 0.6) is 5.75 Å². The lowest BCUT2D eigenvalue weighted by molar-refractivity contribution is -0.138. The third kappa shape index (κ3) is 7.22. The van der Waals surface area contributed by atoms with Crippen molar-refractivity contribution < 1.29 is 22.4 Å². The molecule has 1 unspecified atom stereocenters. The van der Waals surface area contributed by atoms with E-state index in [0.29, 0.717) is 18.4 Å². The lowest BCUT2D eigenvalue weighted by Crippen LogP contribution is -2.16. The highest BCUT2D eigenvalue weighted by Gasteiger charge is 2.35. The van der Waals surface area contributed by atoms with E-state index in [1.807, 2.05) is 20.8 Å². The summed E-state index contributed by atoms with van der Waals surface area (Å²) in [6.45, 7) is 6.32. The van der Waals surface area contributed by atoms with Crippen LogP contribution in [0.2, 0.25) is 0 Å². The molecule has 0 radical (unpaired) electrons. The topological polar surface area (TPSA) is 60.2 Å². The highest BCUT2D eigenvalue weighted by molar-refractivity contribution is 5.59. The molecule has 0 amide bonds. The van der Waals surface area contributed by atoms with Crippen LogP contribution >= 0.6 is 0 Å². The minimum atomic E-state index is -4.53. The first kappa shape index (κ1) is 26.2. The van der Waals surface area contributed by atoms with Crippen molar-refractivity contribution in [3.63, 3.8) is 0 Å². The summed E-state index contributed by atoms with van der Waals surface area (Å²) in [6, 6.07) is 3.82. The summed E-state index contributed by atoms with van der Waals surface area (Å²) >= 11 is 0. The van der Waals surface area contributed by atoms with Crippen LogP contribution in [0.4, 0.5) is 13.2 Å². The third-order valence-electron chi connectivity index (χ3n) is 5.72. The van der Waals surface area contributed by atoms with E-state index in [4.69, 9.17) is 9.26 Å². The number of benzene rings is 1.